The topological polar surface area (TPSA) is 45.2 Å². The summed E-state index contributed by atoms with van der Waals surface area (Å²) in [7, 11) is 0. The summed E-state index contributed by atoms with van der Waals surface area (Å²) in [6.07, 6.45) is 1.88. The van der Waals surface area contributed by atoms with Crippen molar-refractivity contribution in [3.8, 4) is 11.4 Å². The molecule has 4 rings (SSSR count). The Morgan fingerprint density at radius 1 is 0.889 bits per heavy atom. The van der Waals surface area contributed by atoms with Crippen LogP contribution in [0.4, 0.5) is 5.82 Å². The van der Waals surface area contributed by atoms with E-state index >= 15 is 0 Å². The van der Waals surface area contributed by atoms with Gasteiger partial charge in [-0.2, -0.15) is 0 Å². The molecule has 1 fully saturated rings. The van der Waals surface area contributed by atoms with Crippen LogP contribution in [-0.2, 0) is 6.54 Å². The molecular weight excluding hydrogens is 334 g/mol. The van der Waals surface area contributed by atoms with Crippen LogP contribution in [0.1, 0.15) is 17.0 Å². The molecule has 0 radical (unpaired) electrons. The Bertz CT molecular complexity index is 902. The van der Waals surface area contributed by atoms with E-state index in [0.717, 1.165) is 55.6 Å². The molecule has 0 unspecified atom stereocenters. The zero-order valence-corrected chi connectivity index (χ0v) is 16.0. The van der Waals surface area contributed by atoms with Crippen LogP contribution in [-0.4, -0.2) is 46.0 Å². The highest BCUT2D eigenvalue weighted by Crippen LogP contribution is 2.21. The van der Waals surface area contributed by atoms with Crippen molar-refractivity contribution in [1.82, 2.24) is 19.9 Å². The molecule has 1 saturated heterocycles. The Hall–Kier alpha value is -2.79. The van der Waals surface area contributed by atoms with Crippen LogP contribution in [0.25, 0.3) is 11.4 Å². The van der Waals surface area contributed by atoms with Gasteiger partial charge in [0.15, 0.2) is 5.82 Å². The Balaban J connectivity index is 1.45. The molecule has 1 aromatic carbocycles. The molecule has 1 aliphatic heterocycles. The van der Waals surface area contributed by atoms with Crippen molar-refractivity contribution in [3.63, 3.8) is 0 Å². The molecular formula is C22H25N5. The number of pyridine rings is 1. The van der Waals surface area contributed by atoms with Gasteiger partial charge in [0.25, 0.3) is 0 Å². The first-order chi connectivity index (χ1) is 13.2. The molecule has 5 nitrogen and oxygen atoms in total. The lowest BCUT2D eigenvalue weighted by atomic mass is 10.2. The largest absolute Gasteiger partial charge is 0.354 e. The van der Waals surface area contributed by atoms with Crippen molar-refractivity contribution in [3.05, 3.63) is 71.7 Å². The van der Waals surface area contributed by atoms with E-state index in [1.807, 2.05) is 37.4 Å². The maximum absolute atomic E-state index is 4.83. The molecule has 3 aromatic rings. The molecule has 0 atom stereocenters. The Morgan fingerprint density at radius 2 is 1.67 bits per heavy atom. The number of nitrogens with zero attached hydrogens (tertiary/aromatic N) is 5. The second-order valence-electron chi connectivity index (χ2n) is 7.09. The quantitative estimate of drug-likeness (QED) is 0.714. The van der Waals surface area contributed by atoms with Crippen LogP contribution < -0.4 is 4.90 Å². The van der Waals surface area contributed by atoms with Crippen LogP contribution >= 0.6 is 0 Å². The van der Waals surface area contributed by atoms with Crippen molar-refractivity contribution in [1.29, 1.82) is 0 Å². The van der Waals surface area contributed by atoms with E-state index in [-0.39, 0.29) is 0 Å². The fourth-order valence-electron chi connectivity index (χ4n) is 3.46. The van der Waals surface area contributed by atoms with Crippen molar-refractivity contribution < 1.29 is 0 Å². The van der Waals surface area contributed by atoms with Gasteiger partial charge in [0.2, 0.25) is 0 Å². The van der Waals surface area contributed by atoms with Gasteiger partial charge in [0, 0.05) is 56.2 Å². The number of aryl methyl sites for hydroxylation is 2. The third-order valence-electron chi connectivity index (χ3n) is 5.06. The second kappa shape index (κ2) is 7.84. The lowest BCUT2D eigenvalue weighted by Gasteiger charge is -2.35. The highest BCUT2D eigenvalue weighted by Gasteiger charge is 2.20. The predicted molar refractivity (Wildman–Crippen MR) is 109 cm³/mol. The second-order valence-corrected chi connectivity index (χ2v) is 7.09. The molecule has 0 saturated carbocycles. The number of anilines is 1. The zero-order chi connectivity index (χ0) is 18.6. The van der Waals surface area contributed by atoms with E-state index in [2.05, 4.69) is 51.0 Å². The van der Waals surface area contributed by atoms with Gasteiger partial charge in [0.1, 0.15) is 5.82 Å². The Labute approximate surface area is 160 Å². The fourth-order valence-corrected chi connectivity index (χ4v) is 3.46. The summed E-state index contributed by atoms with van der Waals surface area (Å²) in [5, 5.41) is 0. The fraction of sp³-hybridized carbons (Fsp3) is 0.318. The molecule has 2 aromatic heterocycles. The number of benzene rings is 1. The van der Waals surface area contributed by atoms with E-state index in [0.29, 0.717) is 0 Å². The molecule has 0 spiro atoms. The third kappa shape index (κ3) is 4.14. The molecule has 0 aliphatic carbocycles. The summed E-state index contributed by atoms with van der Waals surface area (Å²) in [6.45, 7) is 9.05. The number of aromatic nitrogens is 3. The van der Waals surface area contributed by atoms with Gasteiger partial charge in [0.05, 0.1) is 5.69 Å². The molecule has 0 bridgehead atoms. The van der Waals surface area contributed by atoms with Gasteiger partial charge in [-0.1, -0.05) is 36.4 Å². The maximum atomic E-state index is 4.83. The van der Waals surface area contributed by atoms with Gasteiger partial charge in [-0.25, -0.2) is 9.97 Å². The monoisotopic (exact) mass is 359 g/mol. The van der Waals surface area contributed by atoms with E-state index < -0.39 is 0 Å². The number of piperazine rings is 1. The van der Waals surface area contributed by atoms with Crippen molar-refractivity contribution >= 4 is 5.82 Å². The lowest BCUT2D eigenvalue weighted by Crippen LogP contribution is -2.46. The average molecular weight is 359 g/mol. The van der Waals surface area contributed by atoms with Gasteiger partial charge in [-0.3, -0.25) is 9.88 Å². The van der Waals surface area contributed by atoms with Gasteiger partial charge >= 0.3 is 0 Å². The first-order valence-corrected chi connectivity index (χ1v) is 9.48. The molecule has 0 amide bonds. The SMILES string of the molecule is Cc1cc(N2CCN(Cc3ncccc3C)CC2)nc(-c2ccccc2)n1. The minimum absolute atomic E-state index is 0.803. The van der Waals surface area contributed by atoms with Crippen LogP contribution in [0.2, 0.25) is 0 Å². The summed E-state index contributed by atoms with van der Waals surface area (Å²) in [6, 6.07) is 16.4. The smallest absolute Gasteiger partial charge is 0.161 e. The van der Waals surface area contributed by atoms with Gasteiger partial charge in [-0.05, 0) is 25.5 Å². The Kier molecular flexibility index (Phi) is 5.12. The van der Waals surface area contributed by atoms with Crippen LogP contribution in [0.15, 0.2) is 54.7 Å². The van der Waals surface area contributed by atoms with E-state index in [1.165, 1.54) is 11.3 Å². The van der Waals surface area contributed by atoms with Gasteiger partial charge < -0.3 is 4.90 Å². The molecule has 0 N–H and O–H groups in total. The van der Waals surface area contributed by atoms with E-state index in [4.69, 9.17) is 4.98 Å². The summed E-state index contributed by atoms with van der Waals surface area (Å²) in [4.78, 5) is 18.8. The van der Waals surface area contributed by atoms with E-state index in [1.54, 1.807) is 0 Å². The molecule has 3 heterocycles. The normalized spacial score (nSPS) is 15.1. The minimum atomic E-state index is 0.803. The van der Waals surface area contributed by atoms with Crippen molar-refractivity contribution in [2.75, 3.05) is 31.1 Å². The number of rotatable bonds is 4. The van der Waals surface area contributed by atoms with Crippen LogP contribution in [0.3, 0.4) is 0 Å². The lowest BCUT2D eigenvalue weighted by molar-refractivity contribution is 0.246. The highest BCUT2D eigenvalue weighted by atomic mass is 15.3. The summed E-state index contributed by atoms with van der Waals surface area (Å²) in [5.41, 5.74) is 4.51. The predicted octanol–water partition coefficient (Wildman–Crippen LogP) is 3.48. The maximum Gasteiger partial charge on any atom is 0.161 e. The number of hydrogen-bond acceptors (Lipinski definition) is 5. The molecule has 1 aliphatic rings. The van der Waals surface area contributed by atoms with Crippen molar-refractivity contribution in [2.24, 2.45) is 0 Å². The summed E-state index contributed by atoms with van der Waals surface area (Å²) < 4.78 is 0. The third-order valence-corrected chi connectivity index (χ3v) is 5.06. The number of hydrogen-bond donors (Lipinski definition) is 0. The van der Waals surface area contributed by atoms with Crippen LogP contribution in [0, 0.1) is 13.8 Å². The highest BCUT2D eigenvalue weighted by molar-refractivity contribution is 5.58. The Morgan fingerprint density at radius 3 is 2.41 bits per heavy atom. The van der Waals surface area contributed by atoms with Crippen LogP contribution in [0.5, 0.6) is 0 Å². The average Bonchev–Trinajstić information content (AvgIpc) is 2.70. The molecule has 138 valence electrons. The standard InChI is InChI=1S/C22H25N5/c1-17-7-6-10-23-20(17)16-26-11-13-27(14-12-26)21-15-18(2)24-22(25-21)19-8-4-3-5-9-19/h3-10,15H,11-14,16H2,1-2H3. The summed E-state index contributed by atoms with van der Waals surface area (Å²) in [5.74, 6) is 1.83. The first kappa shape index (κ1) is 17.6. The minimum Gasteiger partial charge on any atom is -0.354 e. The van der Waals surface area contributed by atoms with Crippen molar-refractivity contribution in [2.45, 2.75) is 20.4 Å². The van der Waals surface area contributed by atoms with E-state index in [9.17, 15) is 0 Å². The molecule has 27 heavy (non-hydrogen) atoms. The molecule has 5 heteroatoms. The zero-order valence-electron chi connectivity index (χ0n) is 16.0. The first-order valence-electron chi connectivity index (χ1n) is 9.48. The van der Waals surface area contributed by atoms with Gasteiger partial charge in [-0.15, -0.1) is 0 Å². The summed E-state index contributed by atoms with van der Waals surface area (Å²) >= 11 is 0.